The molecule has 0 radical (unpaired) electrons. The van der Waals surface area contributed by atoms with Crippen LogP contribution in [-0.2, 0) is 0 Å². The highest BCUT2D eigenvalue weighted by Crippen LogP contribution is 2.68. The number of rotatable bonds is 5. The fourth-order valence-electron chi connectivity index (χ4n) is 9.27. The predicted molar refractivity (Wildman–Crippen MR) is 121 cm³/mol. The van der Waals surface area contributed by atoms with E-state index >= 15 is 0 Å². The summed E-state index contributed by atoms with van der Waals surface area (Å²) in [7, 11) is 0. The Morgan fingerprint density at radius 1 is 0.862 bits per heavy atom. The van der Waals surface area contributed by atoms with E-state index in [9.17, 15) is 10.2 Å². The molecule has 168 valence electrons. The molecule has 4 rings (SSSR count). The summed E-state index contributed by atoms with van der Waals surface area (Å²) in [6.45, 7) is 11.9. The van der Waals surface area contributed by atoms with Crippen molar-refractivity contribution in [3.05, 3.63) is 0 Å². The lowest BCUT2D eigenvalue weighted by Gasteiger charge is -2.62. The maximum atomic E-state index is 10.7. The summed E-state index contributed by atoms with van der Waals surface area (Å²) >= 11 is 0. The molecule has 0 bridgehead atoms. The zero-order valence-corrected chi connectivity index (χ0v) is 19.9. The van der Waals surface area contributed by atoms with Gasteiger partial charge in [-0.15, -0.1) is 0 Å². The second kappa shape index (κ2) is 7.80. The molecule has 10 atom stereocenters. The summed E-state index contributed by atoms with van der Waals surface area (Å²) in [5, 5.41) is 20.8. The minimum atomic E-state index is -0.420. The zero-order chi connectivity index (χ0) is 21.0. The van der Waals surface area contributed by atoms with Crippen LogP contribution in [0.4, 0.5) is 0 Å². The van der Waals surface area contributed by atoms with Crippen LogP contribution in [0.3, 0.4) is 0 Å². The Kier molecular flexibility index (Phi) is 5.95. The van der Waals surface area contributed by atoms with Gasteiger partial charge in [-0.3, -0.25) is 0 Å². The van der Waals surface area contributed by atoms with E-state index in [2.05, 4.69) is 34.6 Å². The van der Waals surface area contributed by atoms with Gasteiger partial charge in [0.2, 0.25) is 0 Å². The molecule has 4 aliphatic rings. The lowest BCUT2D eigenvalue weighted by atomic mass is 9.43. The van der Waals surface area contributed by atoms with Gasteiger partial charge < -0.3 is 10.2 Å². The molecule has 0 heterocycles. The van der Waals surface area contributed by atoms with E-state index in [1.807, 2.05) is 0 Å². The lowest BCUT2D eigenvalue weighted by Crippen LogP contribution is -2.55. The molecule has 2 heteroatoms. The zero-order valence-electron chi connectivity index (χ0n) is 19.9. The maximum absolute atomic E-state index is 10.7. The van der Waals surface area contributed by atoms with Crippen LogP contribution < -0.4 is 0 Å². The molecule has 0 saturated heterocycles. The van der Waals surface area contributed by atoms with Crippen molar-refractivity contribution in [3.63, 3.8) is 0 Å². The molecule has 0 aliphatic heterocycles. The van der Waals surface area contributed by atoms with Gasteiger partial charge >= 0.3 is 0 Å². The first-order chi connectivity index (χ1) is 13.6. The van der Waals surface area contributed by atoms with Crippen LogP contribution in [-0.4, -0.2) is 21.9 Å². The van der Waals surface area contributed by atoms with E-state index in [1.54, 1.807) is 0 Å². The molecule has 0 amide bonds. The van der Waals surface area contributed by atoms with E-state index < -0.39 is 5.60 Å². The largest absolute Gasteiger partial charge is 0.393 e. The van der Waals surface area contributed by atoms with Crippen molar-refractivity contribution in [2.24, 2.45) is 46.3 Å². The highest BCUT2D eigenvalue weighted by Gasteiger charge is 2.61. The van der Waals surface area contributed by atoms with Crippen molar-refractivity contribution >= 4 is 0 Å². The Balaban J connectivity index is 1.48. The molecule has 2 unspecified atom stereocenters. The van der Waals surface area contributed by atoms with Crippen LogP contribution in [0.15, 0.2) is 0 Å². The van der Waals surface area contributed by atoms with Gasteiger partial charge in [0.15, 0.2) is 0 Å². The van der Waals surface area contributed by atoms with Crippen LogP contribution >= 0.6 is 0 Å². The Morgan fingerprint density at radius 3 is 2.31 bits per heavy atom. The van der Waals surface area contributed by atoms with Crippen LogP contribution in [0, 0.1) is 46.3 Å². The van der Waals surface area contributed by atoms with Crippen LogP contribution in [0.25, 0.3) is 0 Å². The van der Waals surface area contributed by atoms with Gasteiger partial charge in [-0.05, 0) is 130 Å². The second-order valence-electron chi connectivity index (χ2n) is 12.7. The molecule has 29 heavy (non-hydrogen) atoms. The first-order valence-corrected chi connectivity index (χ1v) is 13.0. The Hall–Kier alpha value is -0.0800. The van der Waals surface area contributed by atoms with Gasteiger partial charge in [0.05, 0.1) is 11.7 Å². The first-order valence-electron chi connectivity index (χ1n) is 13.0. The van der Waals surface area contributed by atoms with Crippen molar-refractivity contribution in [3.8, 4) is 0 Å². The van der Waals surface area contributed by atoms with Crippen LogP contribution in [0.2, 0.25) is 0 Å². The molecule has 0 aromatic heterocycles. The van der Waals surface area contributed by atoms with Crippen molar-refractivity contribution in [1.82, 2.24) is 0 Å². The molecule has 4 fully saturated rings. The summed E-state index contributed by atoms with van der Waals surface area (Å²) in [6, 6.07) is 0. The summed E-state index contributed by atoms with van der Waals surface area (Å²) in [5.41, 5.74) is 0.583. The number of fused-ring (bicyclic) bond motifs is 5. The van der Waals surface area contributed by atoms with Crippen molar-refractivity contribution in [2.45, 2.75) is 123 Å². The van der Waals surface area contributed by atoms with E-state index in [0.717, 1.165) is 61.2 Å². The van der Waals surface area contributed by atoms with Gasteiger partial charge in [0.25, 0.3) is 0 Å². The quantitative estimate of drug-likeness (QED) is 0.543. The summed E-state index contributed by atoms with van der Waals surface area (Å²) in [5.74, 6) is 5.09. The molecular weight excluding hydrogens is 356 g/mol. The molecule has 0 spiro atoms. The first kappa shape index (κ1) is 22.1. The minimum Gasteiger partial charge on any atom is -0.393 e. The summed E-state index contributed by atoms with van der Waals surface area (Å²) in [4.78, 5) is 0. The molecule has 0 aromatic carbocycles. The Morgan fingerprint density at radius 2 is 1.59 bits per heavy atom. The number of hydrogen-bond donors (Lipinski definition) is 2. The standard InChI is InChI=1S/C27H48O2/c1-6-20(28)9-7-18(2)22-11-12-23-21-10-8-19-17-25(3,29)15-16-26(19,4)24(21)13-14-27(22,23)5/h18-24,28-29H,6-17H2,1-5H3/t18-,19+,20+,21+,22-,23+,24+,25+,26?,27?/m1/s1. The molecular formula is C27H48O2. The Labute approximate surface area is 180 Å². The van der Waals surface area contributed by atoms with Crippen molar-refractivity contribution in [1.29, 1.82) is 0 Å². The maximum Gasteiger partial charge on any atom is 0.0622 e. The molecule has 4 saturated carbocycles. The Bertz CT molecular complexity index is 585. The molecule has 4 aliphatic carbocycles. The second-order valence-corrected chi connectivity index (χ2v) is 12.7. The van der Waals surface area contributed by atoms with E-state index in [0.29, 0.717) is 10.8 Å². The van der Waals surface area contributed by atoms with Crippen LogP contribution in [0.1, 0.15) is 112 Å². The molecule has 2 N–H and O–H groups in total. The average molecular weight is 405 g/mol. The van der Waals surface area contributed by atoms with Crippen molar-refractivity contribution in [2.75, 3.05) is 0 Å². The molecule has 2 nitrogen and oxygen atoms in total. The monoisotopic (exact) mass is 404 g/mol. The highest BCUT2D eigenvalue weighted by molar-refractivity contribution is 5.10. The normalized spacial score (nSPS) is 51.6. The third-order valence-electron chi connectivity index (χ3n) is 11.1. The highest BCUT2D eigenvalue weighted by atomic mass is 16.3. The van der Waals surface area contributed by atoms with Gasteiger partial charge in [-0.2, -0.15) is 0 Å². The average Bonchev–Trinajstić information content (AvgIpc) is 3.03. The fourth-order valence-corrected chi connectivity index (χ4v) is 9.27. The third kappa shape index (κ3) is 3.73. The predicted octanol–water partition coefficient (Wildman–Crippen LogP) is 6.58. The number of hydrogen-bond acceptors (Lipinski definition) is 2. The summed E-state index contributed by atoms with van der Waals surface area (Å²) in [6.07, 6.45) is 14.7. The SMILES string of the molecule is CC[C@H](O)CC[C@@H](C)[C@H]1CC[C@H]2[C@@H]3CC[C@H]4C[C@@](C)(O)CCC4(C)[C@H]3CCC12C. The minimum absolute atomic E-state index is 0.100. The third-order valence-corrected chi connectivity index (χ3v) is 11.1. The topological polar surface area (TPSA) is 40.5 Å². The smallest absolute Gasteiger partial charge is 0.0622 e. The lowest BCUT2D eigenvalue weighted by molar-refractivity contribution is -0.148. The van der Waals surface area contributed by atoms with Gasteiger partial charge in [0.1, 0.15) is 0 Å². The fraction of sp³-hybridized carbons (Fsp3) is 1.00. The summed E-state index contributed by atoms with van der Waals surface area (Å²) < 4.78 is 0. The van der Waals surface area contributed by atoms with E-state index in [4.69, 9.17) is 0 Å². The molecule has 0 aromatic rings. The number of aliphatic hydroxyl groups is 2. The van der Waals surface area contributed by atoms with Gasteiger partial charge in [-0.25, -0.2) is 0 Å². The van der Waals surface area contributed by atoms with Gasteiger partial charge in [0, 0.05) is 0 Å². The van der Waals surface area contributed by atoms with E-state index in [-0.39, 0.29) is 6.10 Å². The van der Waals surface area contributed by atoms with Gasteiger partial charge in [-0.1, -0.05) is 27.7 Å². The van der Waals surface area contributed by atoms with Crippen LogP contribution in [0.5, 0.6) is 0 Å². The van der Waals surface area contributed by atoms with Crippen molar-refractivity contribution < 1.29 is 10.2 Å². The van der Waals surface area contributed by atoms with E-state index in [1.165, 1.54) is 51.4 Å². The number of aliphatic hydroxyl groups excluding tert-OH is 1.